The first-order chi connectivity index (χ1) is 6.83. The predicted octanol–water partition coefficient (Wildman–Crippen LogP) is 1.36. The number of aromatic nitrogens is 1. The summed E-state index contributed by atoms with van der Waals surface area (Å²) in [5, 5.41) is 3.22. The van der Waals surface area contributed by atoms with Crippen LogP contribution in [-0.4, -0.2) is 24.6 Å². The number of halogens is 2. The molecule has 0 radical (unpaired) electrons. The molecule has 1 aliphatic heterocycles. The molecule has 16 heavy (non-hydrogen) atoms. The zero-order valence-corrected chi connectivity index (χ0v) is 10.5. The number of hydrogen-bond acceptors (Lipinski definition) is 4. The van der Waals surface area contributed by atoms with Crippen molar-refractivity contribution >= 4 is 30.8 Å². The number of fused-ring (bicyclic) bond motifs is 1. The van der Waals surface area contributed by atoms with Gasteiger partial charge in [-0.25, -0.2) is 4.79 Å². The predicted molar refractivity (Wildman–Crippen MR) is 65.5 cm³/mol. The number of pyridine rings is 1. The summed E-state index contributed by atoms with van der Waals surface area (Å²) >= 11 is 0. The maximum Gasteiger partial charge on any atom is 0.339 e. The van der Waals surface area contributed by atoms with Crippen molar-refractivity contribution in [2.75, 3.05) is 13.7 Å². The first-order valence-electron chi connectivity index (χ1n) is 4.57. The van der Waals surface area contributed by atoms with Gasteiger partial charge in [0.1, 0.15) is 0 Å². The summed E-state index contributed by atoms with van der Waals surface area (Å²) in [4.78, 5) is 15.4. The Bertz CT molecular complexity index is 372. The third kappa shape index (κ3) is 2.84. The molecule has 4 nitrogen and oxygen atoms in total. The fourth-order valence-electron chi connectivity index (χ4n) is 1.68. The standard InChI is InChI=1S/C10H12N2O2.2ClH/c1-14-10(13)9-6-12-4-7-2-3-11-5-8(7)9;;/h4,6,11H,2-3,5H2,1H3;2*1H. The fraction of sp³-hybridized carbons (Fsp3) is 0.400. The zero-order chi connectivity index (χ0) is 9.97. The summed E-state index contributed by atoms with van der Waals surface area (Å²) in [7, 11) is 1.39. The Kier molecular flexibility index (Phi) is 6.33. The molecule has 0 aliphatic carbocycles. The number of nitrogens with one attached hydrogen (secondary N) is 1. The van der Waals surface area contributed by atoms with Gasteiger partial charge in [0, 0.05) is 18.9 Å². The molecule has 0 bridgehead atoms. The minimum atomic E-state index is -0.307. The van der Waals surface area contributed by atoms with E-state index in [2.05, 4.69) is 10.3 Å². The summed E-state index contributed by atoms with van der Waals surface area (Å²) in [6.45, 7) is 1.67. The quantitative estimate of drug-likeness (QED) is 0.779. The minimum absolute atomic E-state index is 0. The van der Waals surface area contributed by atoms with Crippen LogP contribution in [0.3, 0.4) is 0 Å². The first-order valence-corrected chi connectivity index (χ1v) is 4.57. The third-order valence-electron chi connectivity index (χ3n) is 2.42. The van der Waals surface area contributed by atoms with Gasteiger partial charge in [0.25, 0.3) is 0 Å². The highest BCUT2D eigenvalue weighted by Crippen LogP contribution is 2.17. The van der Waals surface area contributed by atoms with Crippen LogP contribution in [-0.2, 0) is 17.7 Å². The Balaban J connectivity index is 0.00000112. The molecule has 0 fully saturated rings. The Hall–Kier alpha value is -0.840. The van der Waals surface area contributed by atoms with Crippen LogP contribution in [0.1, 0.15) is 21.5 Å². The van der Waals surface area contributed by atoms with E-state index >= 15 is 0 Å². The molecule has 90 valence electrons. The second-order valence-electron chi connectivity index (χ2n) is 3.24. The normalized spacial score (nSPS) is 12.8. The van der Waals surface area contributed by atoms with Crippen molar-refractivity contribution in [1.29, 1.82) is 0 Å². The molecule has 1 aliphatic rings. The van der Waals surface area contributed by atoms with Gasteiger partial charge in [-0.2, -0.15) is 0 Å². The zero-order valence-electron chi connectivity index (χ0n) is 8.86. The smallest absolute Gasteiger partial charge is 0.339 e. The topological polar surface area (TPSA) is 51.2 Å². The van der Waals surface area contributed by atoms with E-state index in [4.69, 9.17) is 4.74 Å². The molecule has 0 saturated heterocycles. The van der Waals surface area contributed by atoms with Crippen LogP contribution in [0.4, 0.5) is 0 Å². The molecule has 0 spiro atoms. The van der Waals surface area contributed by atoms with Gasteiger partial charge in [0.05, 0.1) is 12.7 Å². The van der Waals surface area contributed by atoms with Crippen molar-refractivity contribution in [1.82, 2.24) is 10.3 Å². The molecule has 2 heterocycles. The maximum atomic E-state index is 11.4. The van der Waals surface area contributed by atoms with Gasteiger partial charge >= 0.3 is 5.97 Å². The van der Waals surface area contributed by atoms with Gasteiger partial charge in [-0.3, -0.25) is 4.98 Å². The van der Waals surface area contributed by atoms with E-state index in [1.54, 1.807) is 6.20 Å². The minimum Gasteiger partial charge on any atom is -0.465 e. The van der Waals surface area contributed by atoms with Gasteiger partial charge in [-0.1, -0.05) is 0 Å². The van der Waals surface area contributed by atoms with Crippen LogP contribution in [0.2, 0.25) is 0 Å². The Morgan fingerprint density at radius 3 is 2.88 bits per heavy atom. The van der Waals surface area contributed by atoms with Crippen LogP contribution in [0.15, 0.2) is 12.4 Å². The number of carbonyl (C=O) groups is 1. The van der Waals surface area contributed by atoms with Gasteiger partial charge in [-0.15, -0.1) is 24.8 Å². The van der Waals surface area contributed by atoms with E-state index < -0.39 is 0 Å². The maximum absolute atomic E-state index is 11.4. The average molecular weight is 265 g/mol. The highest BCUT2D eigenvalue weighted by molar-refractivity contribution is 5.91. The molecule has 2 rings (SSSR count). The van der Waals surface area contributed by atoms with Crippen molar-refractivity contribution < 1.29 is 9.53 Å². The molecule has 0 aromatic carbocycles. The van der Waals surface area contributed by atoms with Crippen molar-refractivity contribution in [3.63, 3.8) is 0 Å². The van der Waals surface area contributed by atoms with E-state index in [1.165, 1.54) is 7.11 Å². The van der Waals surface area contributed by atoms with Crippen LogP contribution in [0.25, 0.3) is 0 Å². The van der Waals surface area contributed by atoms with E-state index in [1.807, 2.05) is 6.20 Å². The number of hydrogen-bond donors (Lipinski definition) is 1. The molecule has 0 atom stereocenters. The van der Waals surface area contributed by atoms with Crippen molar-refractivity contribution in [2.45, 2.75) is 13.0 Å². The fourth-order valence-corrected chi connectivity index (χ4v) is 1.68. The highest BCUT2D eigenvalue weighted by Gasteiger charge is 2.17. The lowest BCUT2D eigenvalue weighted by molar-refractivity contribution is 0.0598. The van der Waals surface area contributed by atoms with Crippen LogP contribution >= 0.6 is 24.8 Å². The van der Waals surface area contributed by atoms with Gasteiger partial charge < -0.3 is 10.1 Å². The van der Waals surface area contributed by atoms with Crippen molar-refractivity contribution in [3.05, 3.63) is 29.1 Å². The lowest BCUT2D eigenvalue weighted by Crippen LogP contribution is -2.26. The van der Waals surface area contributed by atoms with Crippen molar-refractivity contribution in [3.8, 4) is 0 Å². The highest BCUT2D eigenvalue weighted by atomic mass is 35.5. The Morgan fingerprint density at radius 1 is 1.44 bits per heavy atom. The number of esters is 1. The summed E-state index contributed by atoms with van der Waals surface area (Å²) in [5.41, 5.74) is 2.75. The molecule has 1 aromatic rings. The van der Waals surface area contributed by atoms with E-state index in [-0.39, 0.29) is 30.8 Å². The average Bonchev–Trinajstić information content (AvgIpc) is 2.27. The number of carbonyl (C=O) groups excluding carboxylic acids is 1. The number of ether oxygens (including phenoxy) is 1. The molecule has 6 heteroatoms. The van der Waals surface area contributed by atoms with Gasteiger partial charge in [0.15, 0.2) is 0 Å². The van der Waals surface area contributed by atoms with Gasteiger partial charge in [0.2, 0.25) is 0 Å². The lowest BCUT2D eigenvalue weighted by Gasteiger charge is -2.18. The monoisotopic (exact) mass is 264 g/mol. The molecule has 0 unspecified atom stereocenters. The Morgan fingerprint density at radius 2 is 2.19 bits per heavy atom. The molecular formula is C10H14Cl2N2O2. The second-order valence-corrected chi connectivity index (χ2v) is 3.24. The number of nitrogens with zero attached hydrogens (tertiary/aromatic N) is 1. The van der Waals surface area contributed by atoms with Crippen LogP contribution < -0.4 is 5.32 Å². The lowest BCUT2D eigenvalue weighted by atomic mass is 9.99. The van der Waals surface area contributed by atoms with Crippen molar-refractivity contribution in [2.24, 2.45) is 0 Å². The number of rotatable bonds is 1. The second kappa shape index (κ2) is 6.68. The van der Waals surface area contributed by atoms with E-state index in [0.29, 0.717) is 5.56 Å². The van der Waals surface area contributed by atoms with E-state index in [9.17, 15) is 4.79 Å². The summed E-state index contributed by atoms with van der Waals surface area (Å²) in [5.74, 6) is -0.307. The van der Waals surface area contributed by atoms with Gasteiger partial charge in [-0.05, 0) is 24.1 Å². The first kappa shape index (κ1) is 15.2. The molecule has 1 aromatic heterocycles. The van der Waals surface area contributed by atoms with E-state index in [0.717, 1.165) is 30.6 Å². The Labute approximate surface area is 107 Å². The molecular weight excluding hydrogens is 251 g/mol. The summed E-state index contributed by atoms with van der Waals surface area (Å²) < 4.78 is 4.70. The SMILES string of the molecule is COC(=O)c1cncc2c1CNCC2.Cl.Cl. The summed E-state index contributed by atoms with van der Waals surface area (Å²) in [6, 6.07) is 0. The number of methoxy groups -OCH3 is 1. The molecule has 1 N–H and O–H groups in total. The van der Waals surface area contributed by atoms with Crippen LogP contribution in [0, 0.1) is 0 Å². The third-order valence-corrected chi connectivity index (χ3v) is 2.42. The molecule has 0 saturated carbocycles. The largest absolute Gasteiger partial charge is 0.465 e. The van der Waals surface area contributed by atoms with Crippen LogP contribution in [0.5, 0.6) is 0 Å². The molecule has 0 amide bonds. The summed E-state index contributed by atoms with van der Waals surface area (Å²) in [6.07, 6.45) is 4.31.